The van der Waals surface area contributed by atoms with Crippen molar-refractivity contribution in [1.82, 2.24) is 9.55 Å². The monoisotopic (exact) mass is 441 g/mol. The maximum atomic E-state index is 12.9. The Kier molecular flexibility index (Phi) is 5.40. The Morgan fingerprint density at radius 2 is 1.80 bits per heavy atom. The SMILES string of the molecule is COc1ccccc1S(=O)(=O)Nc1ccc(Cl)c(Cn2c(C)nc3ccccc32)c1. The molecule has 0 bridgehead atoms. The second kappa shape index (κ2) is 8.01. The number of anilines is 1. The van der Waals surface area contributed by atoms with Crippen molar-refractivity contribution in [1.29, 1.82) is 0 Å². The lowest BCUT2D eigenvalue weighted by molar-refractivity contribution is 0.403. The third-order valence-corrected chi connectivity index (χ3v) is 6.62. The number of hydrogen-bond donors (Lipinski definition) is 1. The lowest BCUT2D eigenvalue weighted by Gasteiger charge is -2.14. The first-order valence-electron chi connectivity index (χ1n) is 9.25. The number of halogens is 1. The molecule has 0 unspecified atom stereocenters. The topological polar surface area (TPSA) is 73.2 Å². The molecule has 3 aromatic carbocycles. The number of para-hydroxylation sites is 3. The smallest absolute Gasteiger partial charge is 0.265 e. The summed E-state index contributed by atoms with van der Waals surface area (Å²) in [6.07, 6.45) is 0. The second-order valence-corrected chi connectivity index (χ2v) is 8.85. The van der Waals surface area contributed by atoms with Crippen molar-refractivity contribution in [3.05, 3.63) is 83.1 Å². The van der Waals surface area contributed by atoms with Crippen LogP contribution in [0.2, 0.25) is 5.02 Å². The van der Waals surface area contributed by atoms with E-state index in [1.54, 1.807) is 36.4 Å². The van der Waals surface area contributed by atoms with E-state index >= 15 is 0 Å². The van der Waals surface area contributed by atoms with Gasteiger partial charge in [-0.25, -0.2) is 13.4 Å². The Balaban J connectivity index is 1.68. The molecular formula is C22H20ClN3O3S. The minimum atomic E-state index is -3.83. The summed E-state index contributed by atoms with van der Waals surface area (Å²) in [5.41, 5.74) is 3.09. The normalized spacial score (nSPS) is 11.6. The molecule has 6 nitrogen and oxygen atoms in total. The van der Waals surface area contributed by atoms with Crippen LogP contribution in [0.25, 0.3) is 11.0 Å². The number of rotatable bonds is 6. The lowest BCUT2D eigenvalue weighted by Crippen LogP contribution is -2.14. The Morgan fingerprint density at radius 3 is 2.60 bits per heavy atom. The molecule has 4 aromatic rings. The van der Waals surface area contributed by atoms with E-state index < -0.39 is 10.0 Å². The minimum Gasteiger partial charge on any atom is -0.495 e. The van der Waals surface area contributed by atoms with Crippen molar-refractivity contribution in [3.63, 3.8) is 0 Å². The fourth-order valence-electron chi connectivity index (χ4n) is 3.38. The van der Waals surface area contributed by atoms with Gasteiger partial charge in [0.15, 0.2) is 0 Å². The fourth-order valence-corrected chi connectivity index (χ4v) is 4.77. The van der Waals surface area contributed by atoms with Gasteiger partial charge >= 0.3 is 0 Å². The molecule has 0 spiro atoms. The summed E-state index contributed by atoms with van der Waals surface area (Å²) in [6.45, 7) is 2.40. The van der Waals surface area contributed by atoms with Crippen molar-refractivity contribution in [2.45, 2.75) is 18.4 Å². The summed E-state index contributed by atoms with van der Waals surface area (Å²) >= 11 is 6.42. The van der Waals surface area contributed by atoms with E-state index in [4.69, 9.17) is 16.3 Å². The Labute approximate surface area is 180 Å². The second-order valence-electron chi connectivity index (χ2n) is 6.80. The van der Waals surface area contributed by atoms with Gasteiger partial charge in [0.05, 0.1) is 24.7 Å². The van der Waals surface area contributed by atoms with Gasteiger partial charge in [0.1, 0.15) is 16.5 Å². The van der Waals surface area contributed by atoms with Crippen molar-refractivity contribution >= 4 is 38.3 Å². The van der Waals surface area contributed by atoms with Crippen LogP contribution in [0.1, 0.15) is 11.4 Å². The molecule has 4 rings (SSSR count). The molecule has 0 aliphatic rings. The number of sulfonamides is 1. The number of ether oxygens (including phenoxy) is 1. The number of benzene rings is 3. The Bertz CT molecular complexity index is 1330. The van der Waals surface area contributed by atoms with Gasteiger partial charge in [0.2, 0.25) is 0 Å². The van der Waals surface area contributed by atoms with Crippen LogP contribution in [0.4, 0.5) is 5.69 Å². The minimum absolute atomic E-state index is 0.0699. The number of hydrogen-bond acceptors (Lipinski definition) is 4. The van der Waals surface area contributed by atoms with E-state index in [9.17, 15) is 8.42 Å². The van der Waals surface area contributed by atoms with Crippen LogP contribution in [-0.4, -0.2) is 25.1 Å². The van der Waals surface area contributed by atoms with Gasteiger partial charge in [0.25, 0.3) is 10.0 Å². The van der Waals surface area contributed by atoms with Gasteiger partial charge in [-0.2, -0.15) is 0 Å². The highest BCUT2D eigenvalue weighted by Gasteiger charge is 2.19. The van der Waals surface area contributed by atoms with Crippen molar-refractivity contribution in [2.75, 3.05) is 11.8 Å². The van der Waals surface area contributed by atoms with Gasteiger partial charge in [-0.1, -0.05) is 35.9 Å². The van der Waals surface area contributed by atoms with Crippen LogP contribution in [0, 0.1) is 6.92 Å². The number of fused-ring (bicyclic) bond motifs is 1. The molecule has 154 valence electrons. The molecule has 8 heteroatoms. The molecule has 0 atom stereocenters. The molecule has 0 radical (unpaired) electrons. The largest absolute Gasteiger partial charge is 0.495 e. The number of nitrogens with one attached hydrogen (secondary N) is 1. The highest BCUT2D eigenvalue weighted by molar-refractivity contribution is 7.92. The zero-order valence-electron chi connectivity index (χ0n) is 16.5. The number of aromatic nitrogens is 2. The zero-order chi connectivity index (χ0) is 21.3. The van der Waals surface area contributed by atoms with Gasteiger partial charge in [0, 0.05) is 10.7 Å². The molecular weight excluding hydrogens is 422 g/mol. The summed E-state index contributed by atoms with van der Waals surface area (Å²) in [7, 11) is -2.39. The quantitative estimate of drug-likeness (QED) is 0.464. The fraction of sp³-hybridized carbons (Fsp3) is 0.136. The van der Waals surface area contributed by atoms with Crippen LogP contribution in [0.15, 0.2) is 71.6 Å². The van der Waals surface area contributed by atoms with Crippen LogP contribution >= 0.6 is 11.6 Å². The van der Waals surface area contributed by atoms with Crippen LogP contribution in [-0.2, 0) is 16.6 Å². The van der Waals surface area contributed by atoms with Crippen LogP contribution in [0.3, 0.4) is 0 Å². The Hall–Kier alpha value is -3.03. The van der Waals surface area contributed by atoms with E-state index in [0.29, 0.717) is 17.3 Å². The first-order valence-corrected chi connectivity index (χ1v) is 11.1. The first kappa shape index (κ1) is 20.3. The van der Waals surface area contributed by atoms with E-state index in [1.165, 1.54) is 13.2 Å². The highest BCUT2D eigenvalue weighted by Crippen LogP contribution is 2.28. The van der Waals surface area contributed by atoms with Crippen LogP contribution < -0.4 is 9.46 Å². The molecule has 0 aliphatic heterocycles. The molecule has 1 aromatic heterocycles. The molecule has 0 aliphatic carbocycles. The summed E-state index contributed by atoms with van der Waals surface area (Å²) in [5.74, 6) is 1.13. The lowest BCUT2D eigenvalue weighted by atomic mass is 10.2. The maximum absolute atomic E-state index is 12.9. The van der Waals surface area contributed by atoms with Gasteiger partial charge in [-0.15, -0.1) is 0 Å². The molecule has 1 heterocycles. The molecule has 0 amide bonds. The summed E-state index contributed by atoms with van der Waals surface area (Å²) in [4.78, 5) is 4.64. The summed E-state index contributed by atoms with van der Waals surface area (Å²) in [5, 5.41) is 0.549. The number of nitrogens with zero attached hydrogens (tertiary/aromatic N) is 2. The highest BCUT2D eigenvalue weighted by atomic mass is 35.5. The predicted octanol–water partition coefficient (Wildman–Crippen LogP) is 4.86. The Morgan fingerprint density at radius 1 is 1.07 bits per heavy atom. The van der Waals surface area contributed by atoms with Gasteiger partial charge in [-0.3, -0.25) is 4.72 Å². The average molecular weight is 442 g/mol. The van der Waals surface area contributed by atoms with E-state index in [0.717, 1.165) is 22.4 Å². The molecule has 0 fully saturated rings. The zero-order valence-corrected chi connectivity index (χ0v) is 18.0. The van der Waals surface area contributed by atoms with Crippen molar-refractivity contribution in [3.8, 4) is 5.75 Å². The van der Waals surface area contributed by atoms with E-state index in [1.807, 2.05) is 31.2 Å². The van der Waals surface area contributed by atoms with Gasteiger partial charge < -0.3 is 9.30 Å². The van der Waals surface area contributed by atoms with Crippen molar-refractivity contribution in [2.24, 2.45) is 0 Å². The van der Waals surface area contributed by atoms with Crippen LogP contribution in [0.5, 0.6) is 5.75 Å². The molecule has 0 saturated heterocycles. The predicted molar refractivity (Wildman–Crippen MR) is 119 cm³/mol. The first-order chi connectivity index (χ1) is 14.4. The average Bonchev–Trinajstić information content (AvgIpc) is 3.05. The molecule has 1 N–H and O–H groups in total. The maximum Gasteiger partial charge on any atom is 0.265 e. The third kappa shape index (κ3) is 3.86. The molecule has 30 heavy (non-hydrogen) atoms. The number of methoxy groups -OCH3 is 1. The molecule has 0 saturated carbocycles. The van der Waals surface area contributed by atoms with Gasteiger partial charge in [-0.05, 0) is 55.0 Å². The van der Waals surface area contributed by atoms with E-state index in [-0.39, 0.29) is 10.6 Å². The summed E-state index contributed by atoms with van der Waals surface area (Å²) < 4.78 is 35.6. The van der Waals surface area contributed by atoms with E-state index in [2.05, 4.69) is 14.3 Å². The third-order valence-electron chi connectivity index (χ3n) is 4.83. The number of imidazole rings is 1. The number of aryl methyl sites for hydroxylation is 1. The standard InChI is InChI=1S/C22H20ClN3O3S/c1-15-24-19-7-3-4-8-20(19)26(15)14-16-13-17(11-12-18(16)23)25-30(27,28)22-10-6-5-9-21(22)29-2/h3-13,25H,14H2,1-2H3. The summed E-state index contributed by atoms with van der Waals surface area (Å²) in [6, 6.07) is 19.4. The van der Waals surface area contributed by atoms with Crippen molar-refractivity contribution < 1.29 is 13.2 Å².